The predicted molar refractivity (Wildman–Crippen MR) is 72.3 cm³/mol. The molecule has 0 saturated carbocycles. The summed E-state index contributed by atoms with van der Waals surface area (Å²) in [6, 6.07) is 0. The summed E-state index contributed by atoms with van der Waals surface area (Å²) in [7, 11) is 0. The number of rotatable bonds is 4. The maximum Gasteiger partial charge on any atom is 0.191 e. The maximum absolute atomic E-state index is 5.56. The van der Waals surface area contributed by atoms with Crippen molar-refractivity contribution in [2.24, 2.45) is 0 Å². The Balaban J connectivity index is 1.90. The highest BCUT2D eigenvalue weighted by atomic mass is 32.2. The Morgan fingerprint density at radius 2 is 2.41 bits per heavy atom. The molecule has 2 rings (SSSR count). The standard InChI is InChI=1S/C13H22N2OS/c1-3-17-13-6-4-5-7-15(10-13)9-12-8-14-11(2)16-12/h8,13H,3-7,9-10H2,1-2H3. The Labute approximate surface area is 108 Å². The van der Waals surface area contributed by atoms with Gasteiger partial charge in [-0.1, -0.05) is 13.3 Å². The van der Waals surface area contributed by atoms with Crippen LogP contribution in [0.15, 0.2) is 10.6 Å². The molecule has 0 spiro atoms. The van der Waals surface area contributed by atoms with Crippen molar-refractivity contribution in [1.82, 2.24) is 9.88 Å². The molecule has 0 aliphatic carbocycles. The van der Waals surface area contributed by atoms with Gasteiger partial charge in [-0.25, -0.2) is 4.98 Å². The van der Waals surface area contributed by atoms with Gasteiger partial charge in [-0.05, 0) is 25.1 Å². The van der Waals surface area contributed by atoms with E-state index in [-0.39, 0.29) is 0 Å². The van der Waals surface area contributed by atoms with E-state index in [9.17, 15) is 0 Å². The van der Waals surface area contributed by atoms with Crippen LogP contribution < -0.4 is 0 Å². The Morgan fingerprint density at radius 3 is 3.12 bits per heavy atom. The van der Waals surface area contributed by atoms with Gasteiger partial charge in [0.2, 0.25) is 0 Å². The van der Waals surface area contributed by atoms with E-state index in [2.05, 4.69) is 28.6 Å². The Bertz CT molecular complexity index is 340. The molecule has 4 heteroatoms. The fourth-order valence-corrected chi connectivity index (χ4v) is 3.51. The number of oxazole rings is 1. The number of aromatic nitrogens is 1. The highest BCUT2D eigenvalue weighted by Crippen LogP contribution is 2.23. The molecule has 3 nitrogen and oxygen atoms in total. The van der Waals surface area contributed by atoms with Crippen LogP contribution in [0.5, 0.6) is 0 Å². The average molecular weight is 254 g/mol. The van der Waals surface area contributed by atoms with Crippen LogP contribution in [0.25, 0.3) is 0 Å². The predicted octanol–water partition coefficient (Wildman–Crippen LogP) is 3.09. The van der Waals surface area contributed by atoms with Crippen molar-refractivity contribution in [2.75, 3.05) is 18.8 Å². The molecule has 1 fully saturated rings. The second-order valence-electron chi connectivity index (χ2n) is 4.65. The van der Waals surface area contributed by atoms with E-state index >= 15 is 0 Å². The highest BCUT2D eigenvalue weighted by molar-refractivity contribution is 7.99. The summed E-state index contributed by atoms with van der Waals surface area (Å²) in [6.07, 6.45) is 5.91. The van der Waals surface area contributed by atoms with Gasteiger partial charge >= 0.3 is 0 Å². The molecular formula is C13H22N2OS. The lowest BCUT2D eigenvalue weighted by Gasteiger charge is -2.22. The van der Waals surface area contributed by atoms with Gasteiger partial charge < -0.3 is 4.42 Å². The van der Waals surface area contributed by atoms with Crippen LogP contribution in [0.1, 0.15) is 37.8 Å². The molecule has 1 aromatic rings. The first kappa shape index (κ1) is 13.0. The van der Waals surface area contributed by atoms with Crippen LogP contribution in [0.2, 0.25) is 0 Å². The van der Waals surface area contributed by atoms with Crippen LogP contribution in [0.3, 0.4) is 0 Å². The molecular weight excluding hydrogens is 232 g/mol. The summed E-state index contributed by atoms with van der Waals surface area (Å²) < 4.78 is 5.56. The number of thioether (sulfide) groups is 1. The van der Waals surface area contributed by atoms with Gasteiger partial charge in [0, 0.05) is 18.7 Å². The first-order chi connectivity index (χ1) is 8.28. The molecule has 1 aliphatic heterocycles. The van der Waals surface area contributed by atoms with E-state index < -0.39 is 0 Å². The van der Waals surface area contributed by atoms with Crippen molar-refractivity contribution < 1.29 is 4.42 Å². The molecule has 0 amide bonds. The number of hydrogen-bond donors (Lipinski definition) is 0. The highest BCUT2D eigenvalue weighted by Gasteiger charge is 2.19. The zero-order valence-corrected chi connectivity index (χ0v) is 11.6. The minimum absolute atomic E-state index is 0.773. The van der Waals surface area contributed by atoms with E-state index in [4.69, 9.17) is 4.42 Å². The molecule has 0 radical (unpaired) electrons. The van der Waals surface area contributed by atoms with Crippen molar-refractivity contribution in [2.45, 2.75) is 44.9 Å². The lowest BCUT2D eigenvalue weighted by molar-refractivity contribution is 0.253. The van der Waals surface area contributed by atoms with Gasteiger partial charge in [0.1, 0.15) is 5.76 Å². The monoisotopic (exact) mass is 254 g/mol. The average Bonchev–Trinajstić information content (AvgIpc) is 2.58. The Morgan fingerprint density at radius 1 is 1.53 bits per heavy atom. The lowest BCUT2D eigenvalue weighted by Crippen LogP contribution is -2.29. The minimum Gasteiger partial charge on any atom is -0.445 e. The summed E-state index contributed by atoms with van der Waals surface area (Å²) in [5.41, 5.74) is 0. The zero-order chi connectivity index (χ0) is 12.1. The lowest BCUT2D eigenvalue weighted by atomic mass is 10.2. The van der Waals surface area contributed by atoms with Crippen molar-refractivity contribution in [1.29, 1.82) is 0 Å². The zero-order valence-electron chi connectivity index (χ0n) is 10.8. The van der Waals surface area contributed by atoms with Crippen molar-refractivity contribution in [3.8, 4) is 0 Å². The molecule has 1 aliphatic rings. The summed E-state index contributed by atoms with van der Waals surface area (Å²) in [5.74, 6) is 3.00. The fraction of sp³-hybridized carbons (Fsp3) is 0.769. The maximum atomic E-state index is 5.56. The number of aryl methyl sites for hydroxylation is 1. The van der Waals surface area contributed by atoms with Gasteiger partial charge in [0.15, 0.2) is 5.89 Å². The quantitative estimate of drug-likeness (QED) is 0.825. The number of nitrogens with zero attached hydrogens (tertiary/aromatic N) is 2. The SMILES string of the molecule is CCSC1CCCCN(Cc2cnc(C)o2)C1. The van der Waals surface area contributed by atoms with E-state index in [0.29, 0.717) is 0 Å². The fourth-order valence-electron chi connectivity index (χ4n) is 2.39. The third-order valence-electron chi connectivity index (χ3n) is 3.16. The van der Waals surface area contributed by atoms with Crippen LogP contribution >= 0.6 is 11.8 Å². The molecule has 1 aromatic heterocycles. The Hall–Kier alpha value is -0.480. The second kappa shape index (κ2) is 6.45. The van der Waals surface area contributed by atoms with E-state index in [1.165, 1.54) is 38.1 Å². The molecule has 1 unspecified atom stereocenters. The summed E-state index contributed by atoms with van der Waals surface area (Å²) >= 11 is 2.10. The van der Waals surface area contributed by atoms with Crippen LogP contribution in [-0.4, -0.2) is 34.0 Å². The summed E-state index contributed by atoms with van der Waals surface area (Å²) in [5, 5.41) is 0.798. The molecule has 96 valence electrons. The van der Waals surface area contributed by atoms with Crippen molar-refractivity contribution in [3.63, 3.8) is 0 Å². The van der Waals surface area contributed by atoms with Gasteiger partial charge in [0.25, 0.3) is 0 Å². The molecule has 2 heterocycles. The van der Waals surface area contributed by atoms with Gasteiger partial charge in [-0.2, -0.15) is 11.8 Å². The molecule has 17 heavy (non-hydrogen) atoms. The minimum atomic E-state index is 0.773. The Kier molecular flexibility index (Phi) is 4.92. The van der Waals surface area contributed by atoms with Crippen molar-refractivity contribution in [3.05, 3.63) is 17.8 Å². The molecule has 1 atom stereocenters. The molecule has 0 aromatic carbocycles. The van der Waals surface area contributed by atoms with E-state index in [1.54, 1.807) is 0 Å². The van der Waals surface area contributed by atoms with E-state index in [0.717, 1.165) is 23.4 Å². The summed E-state index contributed by atoms with van der Waals surface area (Å²) in [6.45, 7) is 7.46. The number of hydrogen-bond acceptors (Lipinski definition) is 4. The van der Waals surface area contributed by atoms with Gasteiger partial charge in [0.05, 0.1) is 12.7 Å². The smallest absolute Gasteiger partial charge is 0.191 e. The normalized spacial score (nSPS) is 22.6. The van der Waals surface area contributed by atoms with Gasteiger partial charge in [-0.3, -0.25) is 4.90 Å². The first-order valence-electron chi connectivity index (χ1n) is 6.53. The third-order valence-corrected chi connectivity index (χ3v) is 4.35. The first-order valence-corrected chi connectivity index (χ1v) is 7.58. The molecule has 0 N–H and O–H groups in total. The largest absolute Gasteiger partial charge is 0.445 e. The van der Waals surface area contributed by atoms with Crippen LogP contribution in [-0.2, 0) is 6.54 Å². The van der Waals surface area contributed by atoms with Gasteiger partial charge in [-0.15, -0.1) is 0 Å². The third kappa shape index (κ3) is 4.03. The van der Waals surface area contributed by atoms with Crippen molar-refractivity contribution >= 4 is 11.8 Å². The topological polar surface area (TPSA) is 29.3 Å². The van der Waals surface area contributed by atoms with Crippen LogP contribution in [0, 0.1) is 6.92 Å². The number of likely N-dealkylation sites (tertiary alicyclic amines) is 1. The molecule has 1 saturated heterocycles. The summed E-state index contributed by atoms with van der Waals surface area (Å²) in [4.78, 5) is 6.68. The molecule has 0 bridgehead atoms. The van der Waals surface area contributed by atoms with Crippen LogP contribution in [0.4, 0.5) is 0 Å². The second-order valence-corrected chi connectivity index (χ2v) is 6.23. The van der Waals surface area contributed by atoms with E-state index in [1.807, 2.05) is 13.1 Å².